The fraction of sp³-hybridized carbons (Fsp3) is 0.176. The minimum Gasteiger partial charge on any atom is -0.505 e. The van der Waals surface area contributed by atoms with Gasteiger partial charge in [0.05, 0.1) is 28.6 Å². The molecule has 3 rings (SSSR count). The number of rotatable bonds is 3. The van der Waals surface area contributed by atoms with Crippen LogP contribution in [0.5, 0.6) is 5.75 Å². The van der Waals surface area contributed by atoms with E-state index in [0.717, 1.165) is 0 Å². The van der Waals surface area contributed by atoms with Crippen LogP contribution in [0, 0.1) is 13.5 Å². The van der Waals surface area contributed by atoms with Crippen LogP contribution in [-0.2, 0) is 4.74 Å². The van der Waals surface area contributed by atoms with Gasteiger partial charge < -0.3 is 9.84 Å². The number of benzene rings is 1. The Morgan fingerprint density at radius 2 is 2.08 bits per heavy atom. The van der Waals surface area contributed by atoms with Gasteiger partial charge >= 0.3 is 5.97 Å². The maximum atomic E-state index is 12.3. The Hall–Kier alpha value is -2.82. The van der Waals surface area contributed by atoms with Crippen molar-refractivity contribution < 1.29 is 14.6 Å². The number of aromatic nitrogens is 3. The average molecular weight is 391 g/mol. The molecule has 2 aromatic heterocycles. The Kier molecular flexibility index (Phi) is 4.72. The Bertz CT molecular complexity index is 1110. The van der Waals surface area contributed by atoms with Crippen molar-refractivity contribution in [2.45, 2.75) is 13.8 Å². The molecular weight excluding hydrogens is 379 g/mol. The molecule has 0 spiro atoms. The zero-order valence-corrected chi connectivity index (χ0v) is 15.3. The summed E-state index contributed by atoms with van der Waals surface area (Å²) in [4.78, 5) is 20.0. The molecule has 0 bridgehead atoms. The highest BCUT2D eigenvalue weighted by Gasteiger charge is 2.25. The summed E-state index contributed by atoms with van der Waals surface area (Å²) in [6, 6.07) is 2.98. The molecule has 0 fully saturated rings. The summed E-state index contributed by atoms with van der Waals surface area (Å²) in [5.74, 6) is -0.428. The zero-order chi connectivity index (χ0) is 19.0. The molecular formula is C17H12Cl2N4O3. The lowest BCUT2D eigenvalue weighted by Crippen LogP contribution is -2.10. The highest BCUT2D eigenvalue weighted by molar-refractivity contribution is 6.37. The van der Waals surface area contributed by atoms with Crippen molar-refractivity contribution in [1.82, 2.24) is 14.6 Å². The van der Waals surface area contributed by atoms with Crippen molar-refractivity contribution in [3.05, 3.63) is 55.9 Å². The highest BCUT2D eigenvalue weighted by atomic mass is 35.5. The van der Waals surface area contributed by atoms with E-state index in [1.54, 1.807) is 19.9 Å². The van der Waals surface area contributed by atoms with E-state index in [9.17, 15) is 9.90 Å². The fourth-order valence-electron chi connectivity index (χ4n) is 2.54. The molecule has 9 heteroatoms. The van der Waals surface area contributed by atoms with Gasteiger partial charge in [-0.15, -0.1) is 0 Å². The molecule has 0 aliphatic carbocycles. The molecule has 7 nitrogen and oxygen atoms in total. The van der Waals surface area contributed by atoms with Crippen molar-refractivity contribution in [3.8, 4) is 5.75 Å². The summed E-state index contributed by atoms with van der Waals surface area (Å²) in [5, 5.41) is 14.4. The highest BCUT2D eigenvalue weighted by Crippen LogP contribution is 2.33. The van der Waals surface area contributed by atoms with Crippen LogP contribution in [0.2, 0.25) is 10.0 Å². The van der Waals surface area contributed by atoms with Crippen molar-refractivity contribution in [2.75, 3.05) is 6.61 Å². The van der Waals surface area contributed by atoms with Crippen LogP contribution in [-0.4, -0.2) is 32.3 Å². The van der Waals surface area contributed by atoms with Crippen molar-refractivity contribution in [1.29, 1.82) is 0 Å². The van der Waals surface area contributed by atoms with Gasteiger partial charge in [0.2, 0.25) is 5.69 Å². The Balaban J connectivity index is 2.36. The number of aryl methyl sites for hydroxylation is 1. The van der Waals surface area contributed by atoms with E-state index in [1.807, 2.05) is 0 Å². The number of fused-ring (bicyclic) bond motifs is 1. The second-order valence-corrected chi connectivity index (χ2v) is 6.13. The van der Waals surface area contributed by atoms with Gasteiger partial charge in [-0.3, -0.25) is 0 Å². The van der Waals surface area contributed by atoms with Crippen LogP contribution in [0.3, 0.4) is 0 Å². The molecule has 2 heterocycles. The number of phenolic OH excluding ortho intramolecular Hbond substituents is 1. The van der Waals surface area contributed by atoms with E-state index < -0.39 is 5.97 Å². The summed E-state index contributed by atoms with van der Waals surface area (Å²) >= 11 is 11.9. The third kappa shape index (κ3) is 2.94. The van der Waals surface area contributed by atoms with Crippen LogP contribution in [0.4, 0.5) is 5.69 Å². The Morgan fingerprint density at radius 3 is 2.65 bits per heavy atom. The predicted molar refractivity (Wildman–Crippen MR) is 96.9 cm³/mol. The number of aromatic hydroxyl groups is 1. The molecule has 0 atom stereocenters. The lowest BCUT2D eigenvalue weighted by atomic mass is 10.2. The van der Waals surface area contributed by atoms with Crippen LogP contribution < -0.4 is 5.35 Å². The number of halogens is 2. The monoisotopic (exact) mass is 390 g/mol. The summed E-state index contributed by atoms with van der Waals surface area (Å²) in [5.41, 5.74) is 0.899. The lowest BCUT2D eigenvalue weighted by Gasteiger charge is -2.01. The first kappa shape index (κ1) is 18.0. The molecule has 0 saturated heterocycles. The second-order valence-electron chi connectivity index (χ2n) is 5.31. The summed E-state index contributed by atoms with van der Waals surface area (Å²) in [6.45, 7) is 11.0. The van der Waals surface area contributed by atoms with Crippen molar-refractivity contribution >= 4 is 46.6 Å². The topological polar surface area (TPSA) is 81.1 Å². The van der Waals surface area contributed by atoms with Gasteiger partial charge in [-0.2, -0.15) is 5.10 Å². The number of hydrogen-bond donors (Lipinski definition) is 1. The summed E-state index contributed by atoms with van der Waals surface area (Å²) < 4.78 is 6.46. The van der Waals surface area contributed by atoms with Gasteiger partial charge in [0.15, 0.2) is 11.4 Å². The quantitative estimate of drug-likeness (QED) is 0.547. The SMILES string of the molecule is [C-]#[N+]c1c(C(=O)OCC)c2nc(C)nn2/c1=C/c1cc(Cl)c(O)c(Cl)c1. The number of carbonyl (C=O) groups is 1. The van der Waals surface area contributed by atoms with Crippen LogP contribution in [0.15, 0.2) is 12.1 Å². The van der Waals surface area contributed by atoms with Gasteiger partial charge in [-0.05, 0) is 37.6 Å². The maximum absolute atomic E-state index is 12.3. The van der Waals surface area contributed by atoms with Crippen molar-refractivity contribution in [2.24, 2.45) is 0 Å². The molecule has 0 saturated carbocycles. The minimum absolute atomic E-state index is 0.0599. The molecule has 0 amide bonds. The van der Waals surface area contributed by atoms with Gasteiger partial charge in [0.25, 0.3) is 0 Å². The molecule has 0 radical (unpaired) electrons. The van der Waals surface area contributed by atoms with Gasteiger partial charge in [0.1, 0.15) is 11.4 Å². The number of nitrogens with zero attached hydrogens (tertiary/aromatic N) is 4. The second kappa shape index (κ2) is 6.83. The molecule has 1 aromatic carbocycles. The molecule has 0 unspecified atom stereocenters. The fourth-order valence-corrected chi connectivity index (χ4v) is 3.04. The smallest absolute Gasteiger partial charge is 0.331 e. The first-order valence-corrected chi connectivity index (χ1v) is 8.26. The van der Waals surface area contributed by atoms with Gasteiger partial charge in [-0.1, -0.05) is 23.2 Å². The molecule has 26 heavy (non-hydrogen) atoms. The van der Waals surface area contributed by atoms with Crippen LogP contribution in [0.1, 0.15) is 28.7 Å². The first-order valence-electron chi connectivity index (χ1n) is 7.50. The number of carbonyl (C=O) groups excluding carboxylic acids is 1. The molecule has 1 N–H and O–H groups in total. The third-order valence-electron chi connectivity index (χ3n) is 3.58. The summed E-state index contributed by atoms with van der Waals surface area (Å²) in [7, 11) is 0. The largest absolute Gasteiger partial charge is 0.505 e. The van der Waals surface area contributed by atoms with E-state index in [0.29, 0.717) is 16.7 Å². The van der Waals surface area contributed by atoms with Gasteiger partial charge in [0, 0.05) is 0 Å². The Labute approximate surface area is 158 Å². The molecule has 132 valence electrons. The third-order valence-corrected chi connectivity index (χ3v) is 4.15. The number of phenols is 1. The molecule has 3 aromatic rings. The van der Waals surface area contributed by atoms with E-state index in [4.69, 9.17) is 34.5 Å². The average Bonchev–Trinajstić information content (AvgIpc) is 3.08. The Morgan fingerprint density at radius 1 is 1.42 bits per heavy atom. The minimum atomic E-state index is -0.641. The van der Waals surface area contributed by atoms with Gasteiger partial charge in [-0.25, -0.2) is 19.1 Å². The lowest BCUT2D eigenvalue weighted by molar-refractivity contribution is 0.0530. The van der Waals surface area contributed by atoms with E-state index in [1.165, 1.54) is 16.6 Å². The molecule has 0 aliphatic heterocycles. The van der Waals surface area contributed by atoms with E-state index in [-0.39, 0.29) is 39.3 Å². The van der Waals surface area contributed by atoms with Crippen molar-refractivity contribution in [3.63, 3.8) is 0 Å². The first-order chi connectivity index (χ1) is 12.4. The maximum Gasteiger partial charge on any atom is 0.331 e. The normalized spacial score (nSPS) is 11.7. The predicted octanol–water partition coefficient (Wildman–Crippen LogP) is 3.33. The van der Waals surface area contributed by atoms with E-state index in [2.05, 4.69) is 14.9 Å². The number of ether oxygens (including phenoxy) is 1. The number of esters is 1. The van der Waals surface area contributed by atoms with E-state index >= 15 is 0 Å². The number of hydrogen-bond acceptors (Lipinski definition) is 5. The molecule has 0 aliphatic rings. The summed E-state index contributed by atoms with van der Waals surface area (Å²) in [6.07, 6.45) is 1.59. The van der Waals surface area contributed by atoms with Crippen LogP contribution >= 0.6 is 23.2 Å². The standard InChI is InChI=1S/C17H12Cl2N4O3/c1-4-26-17(25)13-14(20-3)12(23-16(13)21-8(2)22-23)7-9-5-10(18)15(24)11(19)6-9/h5-7,24H,4H2,1-2H3/b12-7+. The zero-order valence-electron chi connectivity index (χ0n) is 13.7. The van der Waals surface area contributed by atoms with Crippen LogP contribution in [0.25, 0.3) is 16.6 Å².